The van der Waals surface area contributed by atoms with Gasteiger partial charge in [0.1, 0.15) is 0 Å². The average molecular weight is 156 g/mol. The highest BCUT2D eigenvalue weighted by molar-refractivity contribution is 4.84. The molecular formula is C9H20N2. The van der Waals surface area contributed by atoms with E-state index < -0.39 is 0 Å². The zero-order chi connectivity index (χ0) is 8.43. The molecule has 0 amide bonds. The topological polar surface area (TPSA) is 6.48 Å². The van der Waals surface area contributed by atoms with Crippen LogP contribution in [0.15, 0.2) is 0 Å². The van der Waals surface area contributed by atoms with Crippen LogP contribution in [-0.2, 0) is 0 Å². The summed E-state index contributed by atoms with van der Waals surface area (Å²) in [6.07, 6.45) is 4.09. The molecule has 0 N–H and O–H groups in total. The van der Waals surface area contributed by atoms with Crippen molar-refractivity contribution in [3.63, 3.8) is 0 Å². The maximum absolute atomic E-state index is 2.35. The fourth-order valence-electron chi connectivity index (χ4n) is 1.87. The minimum absolute atomic E-state index is 0.822. The van der Waals surface area contributed by atoms with E-state index in [2.05, 4.69) is 38.0 Å². The molecule has 0 bridgehead atoms. The number of nitrogens with zero attached hydrogens (tertiary/aromatic N) is 2. The summed E-state index contributed by atoms with van der Waals surface area (Å²) < 4.78 is 0. The molecule has 1 saturated carbocycles. The Hall–Kier alpha value is -0.0800. The van der Waals surface area contributed by atoms with Crippen molar-refractivity contribution in [3.05, 3.63) is 0 Å². The third kappa shape index (κ3) is 2.17. The van der Waals surface area contributed by atoms with Crippen molar-refractivity contribution < 1.29 is 0 Å². The summed E-state index contributed by atoms with van der Waals surface area (Å²) in [5, 5.41) is 0. The van der Waals surface area contributed by atoms with Crippen molar-refractivity contribution in [2.45, 2.75) is 31.3 Å². The summed E-state index contributed by atoms with van der Waals surface area (Å²) in [5.74, 6) is 0. The zero-order valence-electron chi connectivity index (χ0n) is 8.17. The summed E-state index contributed by atoms with van der Waals surface area (Å²) in [6.45, 7) is 0. The number of rotatable bonds is 2. The van der Waals surface area contributed by atoms with Gasteiger partial charge in [0.25, 0.3) is 0 Å². The highest BCUT2D eigenvalue weighted by Gasteiger charge is 2.26. The third-order valence-corrected chi connectivity index (χ3v) is 2.84. The largest absolute Gasteiger partial charge is 0.306 e. The first-order valence-corrected chi connectivity index (χ1v) is 4.44. The molecule has 2 heteroatoms. The Balaban J connectivity index is 2.35. The highest BCUT2D eigenvalue weighted by Crippen LogP contribution is 2.24. The van der Waals surface area contributed by atoms with Gasteiger partial charge in [-0.05, 0) is 47.5 Å². The van der Waals surface area contributed by atoms with Crippen LogP contribution in [0, 0.1) is 0 Å². The van der Waals surface area contributed by atoms with E-state index in [1.54, 1.807) is 0 Å². The molecule has 0 unspecified atom stereocenters. The Labute approximate surface area is 70.2 Å². The monoisotopic (exact) mass is 156 g/mol. The lowest BCUT2D eigenvalue weighted by atomic mass is 10.2. The quantitative estimate of drug-likeness (QED) is 0.589. The van der Waals surface area contributed by atoms with Crippen LogP contribution >= 0.6 is 0 Å². The van der Waals surface area contributed by atoms with Crippen LogP contribution in [0.4, 0.5) is 0 Å². The van der Waals surface area contributed by atoms with Crippen LogP contribution in [0.5, 0.6) is 0 Å². The van der Waals surface area contributed by atoms with E-state index in [1.807, 2.05) is 0 Å². The summed E-state index contributed by atoms with van der Waals surface area (Å²) >= 11 is 0. The second kappa shape index (κ2) is 3.55. The minimum Gasteiger partial charge on any atom is -0.306 e. The predicted octanol–water partition coefficient (Wildman–Crippen LogP) is 1.03. The lowest BCUT2D eigenvalue weighted by Crippen LogP contribution is -2.29. The molecule has 0 aliphatic heterocycles. The molecule has 0 aromatic heterocycles. The molecule has 1 rings (SSSR count). The van der Waals surface area contributed by atoms with E-state index in [1.165, 1.54) is 19.3 Å². The first-order valence-electron chi connectivity index (χ1n) is 4.44. The first-order chi connectivity index (χ1) is 5.11. The standard InChI is InChI=1S/C9H20N2/c1-10(2)8-5-6-9(7-8)11(3)4/h8-9H,5-7H2,1-4H3/t8-,9+. The molecule has 11 heavy (non-hydrogen) atoms. The van der Waals surface area contributed by atoms with Gasteiger partial charge in [-0.2, -0.15) is 0 Å². The molecule has 0 radical (unpaired) electrons. The molecule has 0 saturated heterocycles. The molecule has 1 aliphatic rings. The summed E-state index contributed by atoms with van der Waals surface area (Å²) in [4.78, 5) is 4.70. The van der Waals surface area contributed by atoms with Gasteiger partial charge < -0.3 is 9.80 Å². The fraction of sp³-hybridized carbons (Fsp3) is 1.00. The van der Waals surface area contributed by atoms with E-state index in [0.717, 1.165) is 12.1 Å². The smallest absolute Gasteiger partial charge is 0.0105 e. The van der Waals surface area contributed by atoms with Gasteiger partial charge in [0, 0.05) is 12.1 Å². The Bertz CT molecular complexity index is 107. The van der Waals surface area contributed by atoms with E-state index in [0.29, 0.717) is 0 Å². The van der Waals surface area contributed by atoms with E-state index in [-0.39, 0.29) is 0 Å². The Morgan fingerprint density at radius 1 is 0.818 bits per heavy atom. The summed E-state index contributed by atoms with van der Waals surface area (Å²) in [5.41, 5.74) is 0. The van der Waals surface area contributed by atoms with Gasteiger partial charge in [0.15, 0.2) is 0 Å². The van der Waals surface area contributed by atoms with Crippen molar-refractivity contribution in [3.8, 4) is 0 Å². The fourth-order valence-corrected chi connectivity index (χ4v) is 1.87. The average Bonchev–Trinajstić information content (AvgIpc) is 2.33. The molecule has 2 nitrogen and oxygen atoms in total. The van der Waals surface area contributed by atoms with E-state index in [9.17, 15) is 0 Å². The summed E-state index contributed by atoms with van der Waals surface area (Å²) in [7, 11) is 8.73. The van der Waals surface area contributed by atoms with Crippen LogP contribution in [0.25, 0.3) is 0 Å². The third-order valence-electron chi connectivity index (χ3n) is 2.84. The molecule has 2 atom stereocenters. The molecule has 66 valence electrons. The van der Waals surface area contributed by atoms with Crippen LogP contribution in [0.3, 0.4) is 0 Å². The highest BCUT2D eigenvalue weighted by atomic mass is 15.1. The minimum atomic E-state index is 0.822. The summed E-state index contributed by atoms with van der Waals surface area (Å²) in [6, 6.07) is 1.64. The van der Waals surface area contributed by atoms with Gasteiger partial charge in [0.05, 0.1) is 0 Å². The number of hydrogen-bond acceptors (Lipinski definition) is 2. The molecule has 0 spiro atoms. The van der Waals surface area contributed by atoms with E-state index in [4.69, 9.17) is 0 Å². The van der Waals surface area contributed by atoms with Crippen molar-refractivity contribution in [1.82, 2.24) is 9.80 Å². The molecule has 0 heterocycles. The van der Waals surface area contributed by atoms with Crippen LogP contribution in [-0.4, -0.2) is 50.1 Å². The van der Waals surface area contributed by atoms with Gasteiger partial charge in [-0.15, -0.1) is 0 Å². The number of hydrogen-bond donors (Lipinski definition) is 0. The van der Waals surface area contributed by atoms with Crippen LogP contribution in [0.1, 0.15) is 19.3 Å². The molecule has 0 aromatic rings. The van der Waals surface area contributed by atoms with Gasteiger partial charge in [0.2, 0.25) is 0 Å². The van der Waals surface area contributed by atoms with Gasteiger partial charge in [-0.1, -0.05) is 0 Å². The van der Waals surface area contributed by atoms with Crippen molar-refractivity contribution in [1.29, 1.82) is 0 Å². The lowest BCUT2D eigenvalue weighted by molar-refractivity contribution is 0.257. The second-order valence-electron chi connectivity index (χ2n) is 4.05. The van der Waals surface area contributed by atoms with Gasteiger partial charge >= 0.3 is 0 Å². The molecule has 1 fully saturated rings. The predicted molar refractivity (Wildman–Crippen MR) is 48.8 cm³/mol. The first kappa shape index (κ1) is 9.01. The Morgan fingerprint density at radius 2 is 1.18 bits per heavy atom. The van der Waals surface area contributed by atoms with Crippen molar-refractivity contribution >= 4 is 0 Å². The zero-order valence-corrected chi connectivity index (χ0v) is 8.17. The maximum Gasteiger partial charge on any atom is 0.0105 e. The molecular weight excluding hydrogens is 136 g/mol. The normalized spacial score (nSPS) is 32.2. The SMILES string of the molecule is CN(C)[C@@H]1CC[C@H](N(C)C)C1. The molecule has 1 aliphatic carbocycles. The Kier molecular flexibility index (Phi) is 2.90. The van der Waals surface area contributed by atoms with Crippen molar-refractivity contribution in [2.75, 3.05) is 28.2 Å². The van der Waals surface area contributed by atoms with Crippen LogP contribution < -0.4 is 0 Å². The van der Waals surface area contributed by atoms with E-state index >= 15 is 0 Å². The second-order valence-corrected chi connectivity index (χ2v) is 4.05. The Morgan fingerprint density at radius 3 is 1.36 bits per heavy atom. The lowest BCUT2D eigenvalue weighted by Gasteiger charge is -2.21. The van der Waals surface area contributed by atoms with Gasteiger partial charge in [-0.25, -0.2) is 0 Å². The van der Waals surface area contributed by atoms with Crippen LogP contribution in [0.2, 0.25) is 0 Å². The maximum atomic E-state index is 2.35. The molecule has 0 aromatic carbocycles. The van der Waals surface area contributed by atoms with Crippen molar-refractivity contribution in [2.24, 2.45) is 0 Å². The van der Waals surface area contributed by atoms with Gasteiger partial charge in [-0.3, -0.25) is 0 Å².